The van der Waals surface area contributed by atoms with Crippen molar-refractivity contribution in [2.45, 2.75) is 284 Å². The molecule has 66 heavy (non-hydrogen) atoms. The van der Waals surface area contributed by atoms with E-state index in [1.54, 1.807) is 0 Å². The zero-order valence-electron chi connectivity index (χ0n) is 44.0. The smallest absolute Gasteiger partial charge is 0.306 e. The summed E-state index contributed by atoms with van der Waals surface area (Å²) in [6.07, 6.45) is 73.5. The predicted molar refractivity (Wildman–Crippen MR) is 288 cm³/mol. The number of ether oxygens (including phenoxy) is 3. The van der Waals surface area contributed by atoms with Gasteiger partial charge in [0, 0.05) is 19.4 Å². The van der Waals surface area contributed by atoms with Crippen LogP contribution in [-0.2, 0) is 23.8 Å². The zero-order chi connectivity index (χ0) is 47.7. The molecule has 0 aromatic carbocycles. The topological polar surface area (TPSA) is 61.8 Å². The maximum Gasteiger partial charge on any atom is 0.306 e. The van der Waals surface area contributed by atoms with Gasteiger partial charge >= 0.3 is 11.9 Å². The molecule has 0 saturated heterocycles. The first-order chi connectivity index (χ1) is 32.6. The second-order valence-corrected chi connectivity index (χ2v) is 18.8. The Labute approximate surface area is 410 Å². The molecule has 1 atom stereocenters. The van der Waals surface area contributed by atoms with Gasteiger partial charge in [-0.2, -0.15) is 0 Å². The molecule has 0 saturated carbocycles. The lowest BCUT2D eigenvalue weighted by molar-refractivity contribution is -0.163. The van der Waals surface area contributed by atoms with E-state index in [9.17, 15) is 9.59 Å². The van der Waals surface area contributed by atoms with E-state index in [4.69, 9.17) is 14.2 Å². The van der Waals surface area contributed by atoms with Crippen molar-refractivity contribution in [3.8, 4) is 0 Å². The Morgan fingerprint density at radius 3 is 1.12 bits per heavy atom. The average Bonchev–Trinajstić information content (AvgIpc) is 3.32. The van der Waals surface area contributed by atoms with E-state index >= 15 is 0 Å². The van der Waals surface area contributed by atoms with E-state index in [1.165, 1.54) is 154 Å². The Balaban J connectivity index is 4.27. The number of unbranched alkanes of at least 4 members (excludes halogenated alkanes) is 29. The molecular weight excluding hydrogens is 813 g/mol. The maximum absolute atomic E-state index is 12.8. The molecule has 5 heteroatoms. The van der Waals surface area contributed by atoms with Gasteiger partial charge in [0.2, 0.25) is 0 Å². The standard InChI is InChI=1S/C61H108O5/c1-4-7-10-13-16-19-22-25-27-29-30-31-33-35-38-41-44-47-50-53-56-64-57-59(66-61(63)55-52-49-46-43-40-36-24-21-18-15-12-9-6-3)58-65-60(62)54-51-48-45-42-39-37-34-32-28-26-23-20-17-14-11-8-5-2/h8,11,16-17,19-20,25-28,34,37,59H,4-7,9-10,12-15,18,21-24,29-33,35-36,38-58H2,1-3H3/b11-8-,19-16-,20-17-,27-25-,28-26-,37-34-. The largest absolute Gasteiger partial charge is 0.462 e. The van der Waals surface area contributed by atoms with Gasteiger partial charge in [0.15, 0.2) is 6.10 Å². The number of carbonyl (C=O) groups is 2. The van der Waals surface area contributed by atoms with Crippen molar-refractivity contribution in [2.75, 3.05) is 19.8 Å². The van der Waals surface area contributed by atoms with Gasteiger partial charge in [-0.05, 0) is 89.9 Å². The van der Waals surface area contributed by atoms with E-state index in [0.29, 0.717) is 19.4 Å². The molecule has 0 aliphatic carbocycles. The Morgan fingerprint density at radius 1 is 0.348 bits per heavy atom. The Kier molecular flexibility index (Phi) is 54.4. The Morgan fingerprint density at radius 2 is 0.682 bits per heavy atom. The summed E-state index contributed by atoms with van der Waals surface area (Å²) in [5.74, 6) is -0.417. The summed E-state index contributed by atoms with van der Waals surface area (Å²) in [4.78, 5) is 25.5. The second-order valence-electron chi connectivity index (χ2n) is 18.8. The highest BCUT2D eigenvalue weighted by Gasteiger charge is 2.17. The van der Waals surface area contributed by atoms with Gasteiger partial charge in [0.25, 0.3) is 0 Å². The van der Waals surface area contributed by atoms with Gasteiger partial charge in [0.1, 0.15) is 6.61 Å². The van der Waals surface area contributed by atoms with Crippen molar-refractivity contribution in [2.24, 2.45) is 0 Å². The summed E-state index contributed by atoms with van der Waals surface area (Å²) in [5.41, 5.74) is 0. The minimum Gasteiger partial charge on any atom is -0.462 e. The second kappa shape index (κ2) is 56.7. The molecule has 1 unspecified atom stereocenters. The molecule has 0 heterocycles. The highest BCUT2D eigenvalue weighted by Crippen LogP contribution is 2.15. The first kappa shape index (κ1) is 63.3. The van der Waals surface area contributed by atoms with Crippen molar-refractivity contribution < 1.29 is 23.8 Å². The summed E-state index contributed by atoms with van der Waals surface area (Å²) in [7, 11) is 0. The average molecular weight is 922 g/mol. The number of allylic oxidation sites excluding steroid dienone is 12. The molecule has 0 spiro atoms. The van der Waals surface area contributed by atoms with Crippen LogP contribution in [0.3, 0.4) is 0 Å². The third-order valence-electron chi connectivity index (χ3n) is 12.2. The van der Waals surface area contributed by atoms with Crippen LogP contribution in [0.2, 0.25) is 0 Å². The van der Waals surface area contributed by atoms with Gasteiger partial charge in [-0.1, -0.05) is 248 Å². The van der Waals surface area contributed by atoms with Gasteiger partial charge < -0.3 is 14.2 Å². The minimum atomic E-state index is -0.548. The van der Waals surface area contributed by atoms with E-state index in [2.05, 4.69) is 93.7 Å². The molecule has 0 radical (unpaired) electrons. The van der Waals surface area contributed by atoms with Crippen LogP contribution in [-0.4, -0.2) is 37.9 Å². The third-order valence-corrected chi connectivity index (χ3v) is 12.2. The number of hydrogen-bond acceptors (Lipinski definition) is 5. The van der Waals surface area contributed by atoms with Crippen LogP contribution in [0.25, 0.3) is 0 Å². The normalized spacial score (nSPS) is 12.7. The number of hydrogen-bond donors (Lipinski definition) is 0. The van der Waals surface area contributed by atoms with Crippen LogP contribution < -0.4 is 0 Å². The molecule has 0 rings (SSSR count). The van der Waals surface area contributed by atoms with Crippen molar-refractivity contribution in [1.82, 2.24) is 0 Å². The van der Waals surface area contributed by atoms with Crippen molar-refractivity contribution in [3.05, 3.63) is 72.9 Å². The quantitative estimate of drug-likeness (QED) is 0.0346. The van der Waals surface area contributed by atoms with Crippen molar-refractivity contribution >= 4 is 11.9 Å². The van der Waals surface area contributed by atoms with E-state index in [-0.39, 0.29) is 25.2 Å². The summed E-state index contributed by atoms with van der Waals surface area (Å²) in [5, 5.41) is 0. The summed E-state index contributed by atoms with van der Waals surface area (Å²) in [6.45, 7) is 7.69. The summed E-state index contributed by atoms with van der Waals surface area (Å²) < 4.78 is 17.5. The number of esters is 2. The first-order valence-electron chi connectivity index (χ1n) is 28.5. The molecule has 0 aliphatic heterocycles. The minimum absolute atomic E-state index is 0.0720. The summed E-state index contributed by atoms with van der Waals surface area (Å²) in [6, 6.07) is 0. The molecule has 5 nitrogen and oxygen atoms in total. The lowest BCUT2D eigenvalue weighted by Crippen LogP contribution is -2.30. The number of carbonyl (C=O) groups excluding carboxylic acids is 2. The van der Waals surface area contributed by atoms with Crippen LogP contribution in [0.1, 0.15) is 278 Å². The lowest BCUT2D eigenvalue weighted by Gasteiger charge is -2.18. The molecule has 0 amide bonds. The maximum atomic E-state index is 12.8. The fourth-order valence-corrected chi connectivity index (χ4v) is 8.00. The fraction of sp³-hybridized carbons (Fsp3) is 0.770. The van der Waals surface area contributed by atoms with Crippen LogP contribution in [0, 0.1) is 0 Å². The first-order valence-corrected chi connectivity index (χ1v) is 28.5. The van der Waals surface area contributed by atoms with E-state index in [1.807, 2.05) is 0 Å². The number of rotatable bonds is 52. The molecular formula is C61H108O5. The SMILES string of the molecule is CC/C=C\C/C=C\C/C=C\C/C=C\CCCCCCC(=O)OCC(COCCCCCCCCCCCC/C=C\C/C=C\CCCCC)OC(=O)CCCCCCCCCCCCCCC. The van der Waals surface area contributed by atoms with Gasteiger partial charge in [-0.3, -0.25) is 9.59 Å². The monoisotopic (exact) mass is 921 g/mol. The van der Waals surface area contributed by atoms with Crippen LogP contribution in [0.5, 0.6) is 0 Å². The fourth-order valence-electron chi connectivity index (χ4n) is 8.00. The molecule has 382 valence electrons. The van der Waals surface area contributed by atoms with E-state index < -0.39 is 6.10 Å². The molecule has 0 aromatic rings. The molecule has 0 fully saturated rings. The van der Waals surface area contributed by atoms with Crippen LogP contribution in [0.4, 0.5) is 0 Å². The van der Waals surface area contributed by atoms with Gasteiger partial charge in [0.05, 0.1) is 6.61 Å². The van der Waals surface area contributed by atoms with Gasteiger partial charge in [-0.15, -0.1) is 0 Å². The highest BCUT2D eigenvalue weighted by molar-refractivity contribution is 5.70. The van der Waals surface area contributed by atoms with Crippen molar-refractivity contribution in [1.29, 1.82) is 0 Å². The lowest BCUT2D eigenvalue weighted by atomic mass is 10.0. The van der Waals surface area contributed by atoms with Crippen LogP contribution >= 0.6 is 0 Å². The Bertz CT molecular complexity index is 1180. The zero-order valence-corrected chi connectivity index (χ0v) is 44.0. The molecule has 0 aromatic heterocycles. The van der Waals surface area contributed by atoms with E-state index in [0.717, 1.165) is 89.9 Å². The van der Waals surface area contributed by atoms with Crippen LogP contribution in [0.15, 0.2) is 72.9 Å². The molecule has 0 N–H and O–H groups in total. The molecule has 0 bridgehead atoms. The van der Waals surface area contributed by atoms with Crippen molar-refractivity contribution in [3.63, 3.8) is 0 Å². The third kappa shape index (κ3) is 54.0. The molecule has 0 aliphatic rings. The highest BCUT2D eigenvalue weighted by atomic mass is 16.6. The summed E-state index contributed by atoms with van der Waals surface area (Å²) >= 11 is 0. The van der Waals surface area contributed by atoms with Gasteiger partial charge in [-0.25, -0.2) is 0 Å². The predicted octanol–water partition coefficient (Wildman–Crippen LogP) is 19.5. The Hall–Kier alpha value is -2.66.